The number of carbonyl (C=O) groups excluding carboxylic acids is 1. The van der Waals surface area contributed by atoms with Crippen molar-refractivity contribution in [2.75, 3.05) is 44.7 Å². The van der Waals surface area contributed by atoms with Gasteiger partial charge in [0.2, 0.25) is 0 Å². The molecule has 1 heterocycles. The van der Waals surface area contributed by atoms with Crippen molar-refractivity contribution in [1.82, 2.24) is 9.80 Å². The topological polar surface area (TPSA) is 76.0 Å². The lowest BCUT2D eigenvalue weighted by molar-refractivity contribution is 0.0393. The summed E-state index contributed by atoms with van der Waals surface area (Å²) in [7, 11) is 0. The number of amides is 2. The Kier molecular flexibility index (Phi) is 5.76. The van der Waals surface area contributed by atoms with Crippen molar-refractivity contribution in [1.29, 1.82) is 0 Å². The van der Waals surface area contributed by atoms with Crippen LogP contribution in [-0.2, 0) is 0 Å². The van der Waals surface area contributed by atoms with Gasteiger partial charge in [-0.15, -0.1) is 0 Å². The fourth-order valence-corrected chi connectivity index (χ4v) is 2.65. The molecule has 2 amide bonds. The first-order valence-electron chi connectivity index (χ1n) is 7.64. The minimum Gasteiger partial charge on any atom is -0.395 e. The molecule has 6 nitrogen and oxygen atoms in total. The van der Waals surface area contributed by atoms with Gasteiger partial charge in [-0.2, -0.15) is 0 Å². The summed E-state index contributed by atoms with van der Waals surface area (Å²) < 4.78 is 0. The fraction of sp³-hybridized carbons (Fsp3) is 0.562. The van der Waals surface area contributed by atoms with E-state index in [1.807, 2.05) is 36.9 Å². The number of benzene rings is 1. The Morgan fingerprint density at radius 2 is 1.91 bits per heavy atom. The van der Waals surface area contributed by atoms with Gasteiger partial charge in [0.25, 0.3) is 0 Å². The zero-order valence-electron chi connectivity index (χ0n) is 13.2. The lowest BCUT2D eigenvalue weighted by Gasteiger charge is -2.45. The number of likely N-dealkylation sites (tertiary alicyclic amines) is 1. The van der Waals surface area contributed by atoms with E-state index >= 15 is 0 Å². The number of hydrogen-bond donors (Lipinski definition) is 3. The second kappa shape index (κ2) is 7.58. The Balaban J connectivity index is 1.87. The molecule has 1 fully saturated rings. The number of rotatable bonds is 6. The highest BCUT2D eigenvalue weighted by Gasteiger charge is 2.34. The van der Waals surface area contributed by atoms with Gasteiger partial charge in [0.15, 0.2) is 0 Å². The van der Waals surface area contributed by atoms with E-state index in [0.29, 0.717) is 26.2 Å². The van der Waals surface area contributed by atoms with Crippen LogP contribution in [0.5, 0.6) is 0 Å². The van der Waals surface area contributed by atoms with E-state index in [1.54, 1.807) is 4.90 Å². The van der Waals surface area contributed by atoms with Gasteiger partial charge < -0.3 is 20.4 Å². The summed E-state index contributed by atoms with van der Waals surface area (Å²) in [4.78, 5) is 16.0. The van der Waals surface area contributed by atoms with Crippen molar-refractivity contribution >= 4 is 11.7 Å². The molecule has 2 rings (SSSR count). The Morgan fingerprint density at radius 1 is 1.27 bits per heavy atom. The molecule has 1 aromatic carbocycles. The van der Waals surface area contributed by atoms with Crippen molar-refractivity contribution in [3.05, 3.63) is 29.3 Å². The monoisotopic (exact) mass is 307 g/mol. The number of nitrogens with zero attached hydrogens (tertiary/aromatic N) is 2. The van der Waals surface area contributed by atoms with Crippen LogP contribution >= 0.6 is 0 Å². The van der Waals surface area contributed by atoms with Crippen LogP contribution in [0.3, 0.4) is 0 Å². The standard InChI is InChI=1S/C16H25N3O3/c1-12-3-4-13(2)15(9-12)17-16(22)19-10-14(11-19)18(5-7-20)6-8-21/h3-4,9,14,20-21H,5-8,10-11H2,1-2H3,(H,17,22). The summed E-state index contributed by atoms with van der Waals surface area (Å²) in [6, 6.07) is 6.09. The van der Waals surface area contributed by atoms with E-state index in [2.05, 4.69) is 5.32 Å². The largest absolute Gasteiger partial charge is 0.395 e. The second-order valence-electron chi connectivity index (χ2n) is 5.79. The molecule has 1 saturated heterocycles. The van der Waals surface area contributed by atoms with Crippen molar-refractivity contribution in [3.8, 4) is 0 Å². The molecule has 122 valence electrons. The zero-order valence-corrected chi connectivity index (χ0v) is 13.2. The van der Waals surface area contributed by atoms with E-state index in [9.17, 15) is 4.79 Å². The maximum absolute atomic E-state index is 12.2. The summed E-state index contributed by atoms with van der Waals surface area (Å²) >= 11 is 0. The van der Waals surface area contributed by atoms with Crippen molar-refractivity contribution in [2.45, 2.75) is 19.9 Å². The summed E-state index contributed by atoms with van der Waals surface area (Å²) in [5.74, 6) is 0. The molecule has 22 heavy (non-hydrogen) atoms. The average Bonchev–Trinajstić information content (AvgIpc) is 2.42. The first kappa shape index (κ1) is 16.7. The van der Waals surface area contributed by atoms with Gasteiger partial charge >= 0.3 is 6.03 Å². The van der Waals surface area contributed by atoms with Crippen LogP contribution in [0, 0.1) is 13.8 Å². The van der Waals surface area contributed by atoms with E-state index in [0.717, 1.165) is 16.8 Å². The van der Waals surface area contributed by atoms with E-state index in [4.69, 9.17) is 10.2 Å². The number of carbonyl (C=O) groups is 1. The van der Waals surface area contributed by atoms with Crippen LogP contribution in [0.4, 0.5) is 10.5 Å². The molecule has 0 spiro atoms. The predicted molar refractivity (Wildman–Crippen MR) is 86.0 cm³/mol. The third-order valence-electron chi connectivity index (χ3n) is 4.07. The molecule has 0 atom stereocenters. The maximum Gasteiger partial charge on any atom is 0.321 e. The molecule has 0 saturated carbocycles. The Bertz CT molecular complexity index is 509. The maximum atomic E-state index is 12.2. The summed E-state index contributed by atoms with van der Waals surface area (Å²) in [5.41, 5.74) is 2.99. The molecule has 1 aromatic rings. The van der Waals surface area contributed by atoms with Gasteiger partial charge in [-0.25, -0.2) is 4.79 Å². The third-order valence-corrected chi connectivity index (χ3v) is 4.07. The highest BCUT2D eigenvalue weighted by molar-refractivity contribution is 5.90. The van der Waals surface area contributed by atoms with Gasteiger partial charge in [-0.05, 0) is 31.0 Å². The molecular formula is C16H25N3O3. The summed E-state index contributed by atoms with van der Waals surface area (Å²) in [6.07, 6.45) is 0. The SMILES string of the molecule is Cc1ccc(C)c(NC(=O)N2CC(N(CCO)CCO)C2)c1. The van der Waals surface area contributed by atoms with Crippen LogP contribution < -0.4 is 5.32 Å². The molecular weight excluding hydrogens is 282 g/mol. The molecule has 0 bridgehead atoms. The molecule has 6 heteroatoms. The van der Waals surface area contributed by atoms with E-state index in [-0.39, 0.29) is 25.3 Å². The highest BCUT2D eigenvalue weighted by atomic mass is 16.3. The summed E-state index contributed by atoms with van der Waals surface area (Å²) in [6.45, 7) is 6.38. The number of nitrogens with one attached hydrogen (secondary N) is 1. The number of aliphatic hydroxyl groups is 2. The average molecular weight is 307 g/mol. The van der Waals surface area contributed by atoms with E-state index < -0.39 is 0 Å². The Labute approximate surface area is 131 Å². The molecule has 0 unspecified atom stereocenters. The van der Waals surface area contributed by atoms with Crippen LogP contribution in [-0.4, -0.2) is 71.5 Å². The fourth-order valence-electron chi connectivity index (χ4n) is 2.65. The zero-order chi connectivity index (χ0) is 16.1. The van der Waals surface area contributed by atoms with Gasteiger partial charge in [0, 0.05) is 37.9 Å². The Hall–Kier alpha value is -1.63. The number of hydrogen-bond acceptors (Lipinski definition) is 4. The van der Waals surface area contributed by atoms with Crippen LogP contribution in [0.15, 0.2) is 18.2 Å². The predicted octanol–water partition coefficient (Wildman–Crippen LogP) is 0.806. The molecule has 3 N–H and O–H groups in total. The highest BCUT2D eigenvalue weighted by Crippen LogP contribution is 2.20. The third kappa shape index (κ3) is 3.97. The smallest absolute Gasteiger partial charge is 0.321 e. The minimum absolute atomic E-state index is 0.0607. The van der Waals surface area contributed by atoms with Crippen molar-refractivity contribution in [3.63, 3.8) is 0 Å². The van der Waals surface area contributed by atoms with Gasteiger partial charge in [-0.3, -0.25) is 4.90 Å². The van der Waals surface area contributed by atoms with Crippen LogP contribution in [0.1, 0.15) is 11.1 Å². The molecule has 0 aliphatic carbocycles. The van der Waals surface area contributed by atoms with Gasteiger partial charge in [0.1, 0.15) is 0 Å². The Morgan fingerprint density at radius 3 is 2.50 bits per heavy atom. The van der Waals surface area contributed by atoms with Gasteiger partial charge in [0.05, 0.1) is 13.2 Å². The number of aliphatic hydroxyl groups excluding tert-OH is 2. The molecule has 0 radical (unpaired) electrons. The summed E-state index contributed by atoms with van der Waals surface area (Å²) in [5, 5.41) is 21.0. The van der Waals surface area contributed by atoms with Crippen molar-refractivity contribution in [2.24, 2.45) is 0 Å². The van der Waals surface area contributed by atoms with E-state index in [1.165, 1.54) is 0 Å². The molecule has 1 aliphatic heterocycles. The number of urea groups is 1. The normalized spacial score (nSPS) is 15.0. The first-order valence-corrected chi connectivity index (χ1v) is 7.64. The second-order valence-corrected chi connectivity index (χ2v) is 5.79. The van der Waals surface area contributed by atoms with Crippen molar-refractivity contribution < 1.29 is 15.0 Å². The first-order chi connectivity index (χ1) is 10.5. The lowest BCUT2D eigenvalue weighted by atomic mass is 10.1. The van der Waals surface area contributed by atoms with Gasteiger partial charge in [-0.1, -0.05) is 12.1 Å². The van der Waals surface area contributed by atoms with Crippen LogP contribution in [0.25, 0.3) is 0 Å². The molecule has 0 aromatic heterocycles. The number of aryl methyl sites for hydroxylation is 2. The minimum atomic E-state index is -0.0992. The number of anilines is 1. The lowest BCUT2D eigenvalue weighted by Crippen LogP contribution is -2.62. The van der Waals surface area contributed by atoms with Crippen LogP contribution in [0.2, 0.25) is 0 Å². The quantitative estimate of drug-likeness (QED) is 0.727. The molecule has 1 aliphatic rings.